The lowest BCUT2D eigenvalue weighted by molar-refractivity contribution is 0.380. The maximum atomic E-state index is 5.43. The van der Waals surface area contributed by atoms with Crippen LogP contribution < -0.4 is 10.6 Å². The third-order valence-corrected chi connectivity index (χ3v) is 4.96. The summed E-state index contributed by atoms with van der Waals surface area (Å²) in [4.78, 5) is 7.79. The van der Waals surface area contributed by atoms with Crippen LogP contribution in [0, 0.1) is 6.92 Å². The van der Waals surface area contributed by atoms with E-state index in [0.29, 0.717) is 6.54 Å². The van der Waals surface area contributed by atoms with Gasteiger partial charge in [-0.3, -0.25) is 4.99 Å². The molecule has 2 heterocycles. The first kappa shape index (κ1) is 22.3. The average Bonchev–Trinajstić information content (AvgIpc) is 3.24. The molecule has 0 aliphatic heterocycles. The van der Waals surface area contributed by atoms with Crippen molar-refractivity contribution in [1.29, 1.82) is 0 Å². The first-order valence-corrected chi connectivity index (χ1v) is 9.64. The number of hydrogen-bond donors (Lipinski definition) is 3. The first-order valence-electron chi connectivity index (χ1n) is 9.64. The molecule has 0 unspecified atom stereocenters. The van der Waals surface area contributed by atoms with Crippen molar-refractivity contribution in [2.45, 2.75) is 46.6 Å². The van der Waals surface area contributed by atoms with Gasteiger partial charge in [0.1, 0.15) is 5.76 Å². The van der Waals surface area contributed by atoms with Gasteiger partial charge in [0.15, 0.2) is 5.96 Å². The monoisotopic (exact) mass is 495 g/mol. The topological polar surface area (TPSA) is 78.2 Å². The zero-order chi connectivity index (χ0) is 19.2. The van der Waals surface area contributed by atoms with E-state index in [0.717, 1.165) is 48.8 Å². The minimum atomic E-state index is 0. The van der Waals surface area contributed by atoms with Gasteiger partial charge < -0.3 is 20.1 Å². The van der Waals surface area contributed by atoms with E-state index >= 15 is 0 Å². The quantitative estimate of drug-likeness (QED) is 0.262. The van der Waals surface area contributed by atoms with Crippen LogP contribution in [-0.2, 0) is 25.8 Å². The second-order valence-electron chi connectivity index (χ2n) is 6.61. The van der Waals surface area contributed by atoms with Crippen LogP contribution in [0.4, 0.5) is 0 Å². The van der Waals surface area contributed by atoms with Gasteiger partial charge in [-0.05, 0) is 31.4 Å². The number of aromatic nitrogens is 2. The molecular formula is C21H30IN5O. The van der Waals surface area contributed by atoms with E-state index in [1.807, 2.05) is 0 Å². The third kappa shape index (κ3) is 4.87. The Hall–Kier alpha value is -2.03. The number of halogens is 1. The number of hydrogen-bond acceptors (Lipinski definition) is 3. The smallest absolute Gasteiger partial charge is 0.191 e. The molecule has 1 aromatic carbocycles. The van der Waals surface area contributed by atoms with Crippen LogP contribution in [0.5, 0.6) is 0 Å². The van der Waals surface area contributed by atoms with Gasteiger partial charge in [0.2, 0.25) is 0 Å². The van der Waals surface area contributed by atoms with E-state index in [9.17, 15) is 0 Å². The SMILES string of the molecule is CCc1noc(CC)c1CNC(=NC)NCCc1c(C)[nH]c2ccccc12.I. The first-order chi connectivity index (χ1) is 13.2. The fourth-order valence-corrected chi connectivity index (χ4v) is 3.49. The number of para-hydroxylation sites is 1. The van der Waals surface area contributed by atoms with Crippen molar-refractivity contribution < 1.29 is 4.52 Å². The Labute approximate surface area is 183 Å². The molecule has 0 saturated heterocycles. The summed E-state index contributed by atoms with van der Waals surface area (Å²) in [5, 5.41) is 12.3. The van der Waals surface area contributed by atoms with Crippen LogP contribution in [0.25, 0.3) is 10.9 Å². The molecule has 3 N–H and O–H groups in total. The van der Waals surface area contributed by atoms with Crippen LogP contribution in [-0.4, -0.2) is 29.7 Å². The second-order valence-corrected chi connectivity index (χ2v) is 6.61. The van der Waals surface area contributed by atoms with Gasteiger partial charge in [0.25, 0.3) is 0 Å². The predicted molar refractivity (Wildman–Crippen MR) is 126 cm³/mol. The molecule has 28 heavy (non-hydrogen) atoms. The molecule has 0 amide bonds. The van der Waals surface area contributed by atoms with Crippen LogP contribution >= 0.6 is 24.0 Å². The highest BCUT2D eigenvalue weighted by atomic mass is 127. The Kier molecular flexibility index (Phi) is 8.35. The maximum Gasteiger partial charge on any atom is 0.191 e. The lowest BCUT2D eigenvalue weighted by Gasteiger charge is -2.12. The highest BCUT2D eigenvalue weighted by Gasteiger charge is 2.14. The number of H-pyrrole nitrogens is 1. The molecule has 0 bridgehead atoms. The summed E-state index contributed by atoms with van der Waals surface area (Å²) >= 11 is 0. The van der Waals surface area contributed by atoms with E-state index in [4.69, 9.17) is 4.52 Å². The molecule has 6 nitrogen and oxygen atoms in total. The van der Waals surface area contributed by atoms with Crippen LogP contribution in [0.3, 0.4) is 0 Å². The Morgan fingerprint density at radius 1 is 1.14 bits per heavy atom. The summed E-state index contributed by atoms with van der Waals surface area (Å²) in [6, 6.07) is 8.44. The average molecular weight is 495 g/mol. The van der Waals surface area contributed by atoms with Crippen molar-refractivity contribution in [2.75, 3.05) is 13.6 Å². The van der Waals surface area contributed by atoms with Crippen molar-refractivity contribution in [3.8, 4) is 0 Å². The van der Waals surface area contributed by atoms with Gasteiger partial charge in [0.05, 0.1) is 5.69 Å². The minimum Gasteiger partial charge on any atom is -0.361 e. The summed E-state index contributed by atoms with van der Waals surface area (Å²) in [6.45, 7) is 7.79. The van der Waals surface area contributed by atoms with Crippen molar-refractivity contribution in [3.05, 3.63) is 52.5 Å². The fourth-order valence-electron chi connectivity index (χ4n) is 3.49. The zero-order valence-corrected chi connectivity index (χ0v) is 19.4. The summed E-state index contributed by atoms with van der Waals surface area (Å²) in [5.74, 6) is 1.74. The van der Waals surface area contributed by atoms with Crippen LogP contribution in [0.2, 0.25) is 0 Å². The Morgan fingerprint density at radius 2 is 1.93 bits per heavy atom. The van der Waals surface area contributed by atoms with E-state index in [-0.39, 0.29) is 24.0 Å². The highest BCUT2D eigenvalue weighted by molar-refractivity contribution is 14.0. The Balaban J connectivity index is 0.00000280. The van der Waals surface area contributed by atoms with Crippen LogP contribution in [0.1, 0.15) is 42.1 Å². The third-order valence-electron chi connectivity index (χ3n) is 4.96. The molecule has 0 radical (unpaired) electrons. The molecule has 0 spiro atoms. The predicted octanol–water partition coefficient (Wildman–Crippen LogP) is 4.11. The summed E-state index contributed by atoms with van der Waals surface area (Å²) in [6.07, 6.45) is 2.65. The number of aryl methyl sites for hydroxylation is 3. The molecule has 7 heteroatoms. The number of aliphatic imine (C=N–C) groups is 1. The molecular weight excluding hydrogens is 465 g/mol. The van der Waals surface area contributed by atoms with Gasteiger partial charge in [-0.25, -0.2) is 0 Å². The lowest BCUT2D eigenvalue weighted by Crippen LogP contribution is -2.38. The molecule has 0 aliphatic rings. The number of rotatable bonds is 7. The zero-order valence-electron chi connectivity index (χ0n) is 17.1. The number of benzene rings is 1. The molecule has 0 atom stereocenters. The molecule has 152 valence electrons. The van der Waals surface area contributed by atoms with E-state index in [1.54, 1.807) is 7.05 Å². The van der Waals surface area contributed by atoms with Gasteiger partial charge in [-0.1, -0.05) is 37.2 Å². The number of nitrogens with zero attached hydrogens (tertiary/aromatic N) is 2. The van der Waals surface area contributed by atoms with Gasteiger partial charge >= 0.3 is 0 Å². The highest BCUT2D eigenvalue weighted by Crippen LogP contribution is 2.22. The molecule has 3 rings (SSSR count). The number of nitrogens with one attached hydrogen (secondary N) is 3. The van der Waals surface area contributed by atoms with E-state index in [1.165, 1.54) is 22.2 Å². The molecule has 0 aliphatic carbocycles. The van der Waals surface area contributed by atoms with Gasteiger partial charge in [-0.2, -0.15) is 0 Å². The number of guanidine groups is 1. The summed E-state index contributed by atoms with van der Waals surface area (Å²) < 4.78 is 5.43. The summed E-state index contributed by atoms with van der Waals surface area (Å²) in [7, 11) is 1.79. The van der Waals surface area contributed by atoms with Gasteiger partial charge in [-0.15, -0.1) is 24.0 Å². The van der Waals surface area contributed by atoms with Crippen molar-refractivity contribution in [3.63, 3.8) is 0 Å². The number of aromatic amines is 1. The van der Waals surface area contributed by atoms with Crippen LogP contribution in [0.15, 0.2) is 33.8 Å². The van der Waals surface area contributed by atoms with Crippen molar-refractivity contribution in [1.82, 2.24) is 20.8 Å². The summed E-state index contributed by atoms with van der Waals surface area (Å²) in [5.41, 5.74) is 5.94. The largest absolute Gasteiger partial charge is 0.361 e. The lowest BCUT2D eigenvalue weighted by atomic mass is 10.1. The van der Waals surface area contributed by atoms with Gasteiger partial charge in [0, 0.05) is 48.7 Å². The molecule has 2 aromatic heterocycles. The molecule has 0 fully saturated rings. The molecule has 0 saturated carbocycles. The van der Waals surface area contributed by atoms with Crippen molar-refractivity contribution in [2.24, 2.45) is 4.99 Å². The maximum absolute atomic E-state index is 5.43. The fraction of sp³-hybridized carbons (Fsp3) is 0.429. The van der Waals surface area contributed by atoms with E-state index < -0.39 is 0 Å². The normalized spacial score (nSPS) is 11.5. The minimum absolute atomic E-state index is 0. The standard InChI is InChI=1S/C21H29N5O.HI/c1-5-18-17(20(6-2)27-26-18)13-24-21(22-4)23-12-11-15-14(3)25-19-10-8-7-9-16(15)19;/h7-10,25H,5-6,11-13H2,1-4H3,(H2,22,23,24);1H. The van der Waals surface area contributed by atoms with Crippen molar-refractivity contribution >= 4 is 40.8 Å². The Morgan fingerprint density at radius 3 is 2.64 bits per heavy atom. The second kappa shape index (κ2) is 10.5. The van der Waals surface area contributed by atoms with E-state index in [2.05, 4.69) is 70.8 Å². The molecule has 3 aromatic rings. The number of fused-ring (bicyclic) bond motifs is 1. The Bertz CT molecular complexity index is 907.